The first-order chi connectivity index (χ1) is 10.2. The molecule has 0 aliphatic rings. The van der Waals surface area contributed by atoms with Gasteiger partial charge in [0.2, 0.25) is 0 Å². The lowest BCUT2D eigenvalue weighted by Crippen LogP contribution is -2.24. The van der Waals surface area contributed by atoms with Crippen LogP contribution >= 0.6 is 0 Å². The molecule has 0 heterocycles. The summed E-state index contributed by atoms with van der Waals surface area (Å²) in [5.74, 6) is -1.06. The van der Waals surface area contributed by atoms with Gasteiger partial charge in [-0.2, -0.15) is 0 Å². The molecule has 0 bridgehead atoms. The Hall–Kier alpha value is -1.94. The number of anilines is 1. The van der Waals surface area contributed by atoms with Gasteiger partial charge in [0.25, 0.3) is 0 Å². The zero-order valence-corrected chi connectivity index (χ0v) is 12.2. The topological polar surface area (TPSA) is 29.3 Å². The van der Waals surface area contributed by atoms with E-state index in [0.29, 0.717) is 31.6 Å². The van der Waals surface area contributed by atoms with Crippen LogP contribution < -0.4 is 10.6 Å². The zero-order valence-electron chi connectivity index (χ0n) is 12.2. The number of nitrogens with two attached hydrogens (primary N) is 1. The Labute approximate surface area is 124 Å². The monoisotopic (exact) mass is 290 g/mol. The van der Waals surface area contributed by atoms with Crippen LogP contribution in [0.5, 0.6) is 0 Å². The second-order valence-electron chi connectivity index (χ2n) is 4.95. The first-order valence-electron chi connectivity index (χ1n) is 7.12. The van der Waals surface area contributed by atoms with E-state index >= 15 is 0 Å². The maximum absolute atomic E-state index is 14.3. The van der Waals surface area contributed by atoms with E-state index in [1.165, 1.54) is 12.1 Å². The lowest BCUT2D eigenvalue weighted by Gasteiger charge is -2.24. The van der Waals surface area contributed by atoms with Gasteiger partial charge in [-0.25, -0.2) is 8.78 Å². The van der Waals surface area contributed by atoms with E-state index in [9.17, 15) is 8.78 Å². The molecule has 2 rings (SSSR count). The van der Waals surface area contributed by atoms with E-state index in [1.54, 1.807) is 4.90 Å². The van der Waals surface area contributed by atoms with Gasteiger partial charge in [-0.3, -0.25) is 0 Å². The van der Waals surface area contributed by atoms with Crippen LogP contribution in [0, 0.1) is 11.6 Å². The number of nitrogens with zero attached hydrogens (tertiary/aromatic N) is 1. The van der Waals surface area contributed by atoms with E-state index in [-0.39, 0.29) is 5.69 Å². The van der Waals surface area contributed by atoms with Gasteiger partial charge in [0.05, 0.1) is 0 Å². The molecule has 4 heteroatoms. The van der Waals surface area contributed by atoms with Crippen LogP contribution in [0.1, 0.15) is 18.1 Å². The number of rotatable bonds is 6. The molecule has 0 fully saturated rings. The molecule has 0 aliphatic heterocycles. The van der Waals surface area contributed by atoms with Crippen LogP contribution in [0.2, 0.25) is 0 Å². The van der Waals surface area contributed by atoms with Crippen molar-refractivity contribution in [2.75, 3.05) is 18.0 Å². The van der Waals surface area contributed by atoms with Crippen molar-refractivity contribution < 1.29 is 8.78 Å². The molecule has 0 spiro atoms. The van der Waals surface area contributed by atoms with Gasteiger partial charge in [0.1, 0.15) is 17.3 Å². The van der Waals surface area contributed by atoms with Crippen molar-refractivity contribution in [3.05, 3.63) is 65.2 Å². The number of hydrogen-bond acceptors (Lipinski definition) is 2. The van der Waals surface area contributed by atoms with Gasteiger partial charge in [0, 0.05) is 13.1 Å². The van der Waals surface area contributed by atoms with Crippen LogP contribution in [0.15, 0.2) is 42.5 Å². The summed E-state index contributed by atoms with van der Waals surface area (Å²) in [6.45, 7) is 3.26. The van der Waals surface area contributed by atoms with E-state index in [4.69, 9.17) is 5.73 Å². The molecule has 0 atom stereocenters. The van der Waals surface area contributed by atoms with E-state index in [1.807, 2.05) is 37.3 Å². The van der Waals surface area contributed by atoms with Gasteiger partial charge in [-0.15, -0.1) is 0 Å². The summed E-state index contributed by atoms with van der Waals surface area (Å²) in [6, 6.07) is 12.4. The highest BCUT2D eigenvalue weighted by Crippen LogP contribution is 2.26. The highest BCUT2D eigenvalue weighted by Gasteiger charge is 2.17. The minimum atomic E-state index is -0.531. The van der Waals surface area contributed by atoms with Crippen molar-refractivity contribution in [2.24, 2.45) is 5.73 Å². The highest BCUT2D eigenvalue weighted by atomic mass is 19.1. The standard InChI is InChI=1S/C17H20F2N2/c1-2-21(12-13-6-4-3-5-7-13)17-15(18)10-14(8-9-20)11-16(17)19/h3-7,10-11H,2,8-9,12,20H2,1H3. The minimum absolute atomic E-state index is 0.0297. The Kier molecular flexibility index (Phi) is 5.28. The Morgan fingerprint density at radius 2 is 1.62 bits per heavy atom. The predicted molar refractivity (Wildman–Crippen MR) is 82.3 cm³/mol. The van der Waals surface area contributed by atoms with Crippen molar-refractivity contribution in [3.8, 4) is 0 Å². The molecule has 0 saturated carbocycles. The van der Waals surface area contributed by atoms with Crippen molar-refractivity contribution in [2.45, 2.75) is 19.9 Å². The van der Waals surface area contributed by atoms with Crippen molar-refractivity contribution in [1.82, 2.24) is 0 Å². The molecule has 0 saturated heterocycles. The summed E-state index contributed by atoms with van der Waals surface area (Å²) < 4.78 is 28.5. The Morgan fingerprint density at radius 3 is 2.14 bits per heavy atom. The second-order valence-corrected chi connectivity index (χ2v) is 4.95. The maximum Gasteiger partial charge on any atom is 0.149 e. The molecule has 0 unspecified atom stereocenters. The predicted octanol–water partition coefficient (Wildman–Crippen LogP) is 3.49. The number of halogens is 2. The van der Waals surface area contributed by atoms with Gasteiger partial charge < -0.3 is 10.6 Å². The minimum Gasteiger partial charge on any atom is -0.363 e. The SMILES string of the molecule is CCN(Cc1ccccc1)c1c(F)cc(CCN)cc1F. The van der Waals surface area contributed by atoms with Crippen molar-refractivity contribution >= 4 is 5.69 Å². The Bertz CT molecular complexity index is 562. The van der Waals surface area contributed by atoms with E-state index in [2.05, 4.69) is 0 Å². The molecule has 112 valence electrons. The lowest BCUT2D eigenvalue weighted by molar-refractivity contribution is 0.568. The number of hydrogen-bond donors (Lipinski definition) is 1. The summed E-state index contributed by atoms with van der Waals surface area (Å²) in [7, 11) is 0. The third-order valence-electron chi connectivity index (χ3n) is 3.42. The molecular formula is C17H20F2N2. The van der Waals surface area contributed by atoms with Crippen LogP contribution in [0.4, 0.5) is 14.5 Å². The van der Waals surface area contributed by atoms with Crippen LogP contribution in [0.25, 0.3) is 0 Å². The second kappa shape index (κ2) is 7.18. The third kappa shape index (κ3) is 3.79. The van der Waals surface area contributed by atoms with E-state index < -0.39 is 11.6 Å². The molecule has 21 heavy (non-hydrogen) atoms. The number of benzene rings is 2. The average Bonchev–Trinajstić information content (AvgIpc) is 2.47. The molecule has 2 aromatic carbocycles. The van der Waals surface area contributed by atoms with Gasteiger partial charge in [0.15, 0.2) is 0 Å². The van der Waals surface area contributed by atoms with Gasteiger partial charge in [-0.1, -0.05) is 30.3 Å². The molecule has 0 aromatic heterocycles. The smallest absolute Gasteiger partial charge is 0.149 e. The quantitative estimate of drug-likeness (QED) is 0.882. The van der Waals surface area contributed by atoms with Gasteiger partial charge in [-0.05, 0) is 43.1 Å². The van der Waals surface area contributed by atoms with Gasteiger partial charge >= 0.3 is 0 Å². The molecule has 0 aliphatic carbocycles. The third-order valence-corrected chi connectivity index (χ3v) is 3.42. The summed E-state index contributed by atoms with van der Waals surface area (Å²) in [5.41, 5.74) is 7.07. The van der Waals surface area contributed by atoms with Crippen molar-refractivity contribution in [1.29, 1.82) is 0 Å². The largest absolute Gasteiger partial charge is 0.363 e. The first-order valence-corrected chi connectivity index (χ1v) is 7.12. The maximum atomic E-state index is 14.3. The molecule has 0 radical (unpaired) electrons. The lowest BCUT2D eigenvalue weighted by atomic mass is 10.1. The summed E-state index contributed by atoms with van der Waals surface area (Å²) in [4.78, 5) is 1.70. The summed E-state index contributed by atoms with van der Waals surface area (Å²) in [5, 5.41) is 0. The average molecular weight is 290 g/mol. The molecule has 2 nitrogen and oxygen atoms in total. The first kappa shape index (κ1) is 15.4. The van der Waals surface area contributed by atoms with Crippen LogP contribution in [-0.4, -0.2) is 13.1 Å². The normalized spacial score (nSPS) is 10.7. The summed E-state index contributed by atoms with van der Waals surface area (Å²) >= 11 is 0. The molecular weight excluding hydrogens is 270 g/mol. The van der Waals surface area contributed by atoms with Crippen LogP contribution in [-0.2, 0) is 13.0 Å². The van der Waals surface area contributed by atoms with E-state index in [0.717, 1.165) is 5.56 Å². The molecule has 0 amide bonds. The Morgan fingerprint density at radius 1 is 1.00 bits per heavy atom. The summed E-state index contributed by atoms with van der Waals surface area (Å²) in [6.07, 6.45) is 0.471. The molecule has 2 N–H and O–H groups in total. The Balaban J connectivity index is 2.29. The molecule has 2 aromatic rings. The fraction of sp³-hybridized carbons (Fsp3) is 0.294. The van der Waals surface area contributed by atoms with Crippen LogP contribution in [0.3, 0.4) is 0 Å². The van der Waals surface area contributed by atoms with Crippen molar-refractivity contribution in [3.63, 3.8) is 0 Å². The zero-order chi connectivity index (χ0) is 15.2. The fourth-order valence-electron chi connectivity index (χ4n) is 2.38. The fourth-order valence-corrected chi connectivity index (χ4v) is 2.38. The highest BCUT2D eigenvalue weighted by molar-refractivity contribution is 5.51.